The van der Waals surface area contributed by atoms with E-state index in [-0.39, 0.29) is 11.3 Å². The Bertz CT molecular complexity index is 474. The van der Waals surface area contributed by atoms with Crippen LogP contribution in [-0.4, -0.2) is 5.11 Å². The molecule has 0 unspecified atom stereocenters. The van der Waals surface area contributed by atoms with E-state index < -0.39 is 11.6 Å². The zero-order valence-corrected chi connectivity index (χ0v) is 7.74. The Balaban J connectivity index is 2.63. The van der Waals surface area contributed by atoms with Gasteiger partial charge in [-0.25, -0.2) is 8.78 Å². The second-order valence-corrected chi connectivity index (χ2v) is 3.15. The summed E-state index contributed by atoms with van der Waals surface area (Å²) in [5, 5.41) is 9.21. The maximum Gasteiger partial charge on any atom is 0.133 e. The van der Waals surface area contributed by atoms with E-state index in [9.17, 15) is 13.9 Å². The van der Waals surface area contributed by atoms with Crippen LogP contribution >= 0.6 is 0 Å². The Kier molecular flexibility index (Phi) is 2.37. The van der Waals surface area contributed by atoms with Crippen LogP contribution in [-0.2, 0) is 0 Å². The molecular formula is C12H8F2O. The molecular weight excluding hydrogens is 198 g/mol. The summed E-state index contributed by atoms with van der Waals surface area (Å²) in [5.74, 6) is -1.30. The molecule has 0 saturated carbocycles. The Hall–Kier alpha value is -1.90. The highest BCUT2D eigenvalue weighted by Gasteiger charge is 2.10. The number of phenols is 1. The highest BCUT2D eigenvalue weighted by Crippen LogP contribution is 2.27. The number of hydrogen-bond donors (Lipinski definition) is 1. The molecule has 0 atom stereocenters. The van der Waals surface area contributed by atoms with Gasteiger partial charge in [0.25, 0.3) is 0 Å². The predicted octanol–water partition coefficient (Wildman–Crippen LogP) is 3.34. The van der Waals surface area contributed by atoms with Crippen LogP contribution in [0.15, 0.2) is 42.5 Å². The quantitative estimate of drug-likeness (QED) is 0.758. The summed E-state index contributed by atoms with van der Waals surface area (Å²) in [5.41, 5.74) is 0.207. The van der Waals surface area contributed by atoms with Gasteiger partial charge in [-0.1, -0.05) is 18.2 Å². The van der Waals surface area contributed by atoms with Gasteiger partial charge in [-0.2, -0.15) is 0 Å². The summed E-state index contributed by atoms with van der Waals surface area (Å²) in [6.07, 6.45) is 0. The molecule has 76 valence electrons. The molecule has 1 N–H and O–H groups in total. The fraction of sp³-hybridized carbons (Fsp3) is 0. The van der Waals surface area contributed by atoms with E-state index in [1.54, 1.807) is 6.07 Å². The van der Waals surface area contributed by atoms with Gasteiger partial charge in [0.1, 0.15) is 17.4 Å². The summed E-state index contributed by atoms with van der Waals surface area (Å²) in [4.78, 5) is 0. The van der Waals surface area contributed by atoms with Crippen molar-refractivity contribution in [2.24, 2.45) is 0 Å². The van der Waals surface area contributed by atoms with Gasteiger partial charge in [0.05, 0.1) is 5.56 Å². The molecule has 2 aromatic carbocycles. The van der Waals surface area contributed by atoms with E-state index in [0.29, 0.717) is 5.56 Å². The minimum atomic E-state index is -0.638. The van der Waals surface area contributed by atoms with Crippen molar-refractivity contribution in [1.29, 1.82) is 0 Å². The summed E-state index contributed by atoms with van der Waals surface area (Å²) < 4.78 is 26.7. The smallest absolute Gasteiger partial charge is 0.133 e. The maximum atomic E-state index is 13.3. The number of aromatic hydroxyl groups is 1. The first-order valence-electron chi connectivity index (χ1n) is 4.42. The third-order valence-electron chi connectivity index (χ3n) is 2.10. The van der Waals surface area contributed by atoms with Gasteiger partial charge in [-0.3, -0.25) is 0 Å². The lowest BCUT2D eigenvalue weighted by Gasteiger charge is -2.04. The highest BCUT2D eigenvalue weighted by molar-refractivity contribution is 5.66. The van der Waals surface area contributed by atoms with E-state index >= 15 is 0 Å². The molecule has 3 heteroatoms. The van der Waals surface area contributed by atoms with Crippen molar-refractivity contribution in [3.8, 4) is 16.9 Å². The number of phenolic OH excluding ortho intramolecular Hbond substituents is 1. The summed E-state index contributed by atoms with van der Waals surface area (Å²) in [6.45, 7) is 0. The molecule has 0 heterocycles. The van der Waals surface area contributed by atoms with Crippen molar-refractivity contribution < 1.29 is 13.9 Å². The van der Waals surface area contributed by atoms with Gasteiger partial charge in [0, 0.05) is 0 Å². The lowest BCUT2D eigenvalue weighted by molar-refractivity contribution is 0.475. The topological polar surface area (TPSA) is 20.2 Å². The van der Waals surface area contributed by atoms with Crippen LogP contribution in [0.3, 0.4) is 0 Å². The molecule has 0 radical (unpaired) electrons. The lowest BCUT2D eigenvalue weighted by Crippen LogP contribution is -1.88. The molecule has 1 nitrogen and oxygen atoms in total. The lowest BCUT2D eigenvalue weighted by atomic mass is 10.0. The molecule has 0 fully saturated rings. The SMILES string of the molecule is Oc1cccc(-c2c(F)cccc2F)c1. The highest BCUT2D eigenvalue weighted by atomic mass is 19.1. The van der Waals surface area contributed by atoms with Crippen molar-refractivity contribution in [2.75, 3.05) is 0 Å². The largest absolute Gasteiger partial charge is 0.508 e. The number of rotatable bonds is 1. The van der Waals surface area contributed by atoms with Gasteiger partial charge in [0.15, 0.2) is 0 Å². The number of benzene rings is 2. The average Bonchev–Trinajstić information content (AvgIpc) is 2.17. The van der Waals surface area contributed by atoms with Crippen molar-refractivity contribution in [2.45, 2.75) is 0 Å². The zero-order valence-electron chi connectivity index (χ0n) is 7.74. The molecule has 15 heavy (non-hydrogen) atoms. The molecule has 0 aliphatic carbocycles. The van der Waals surface area contributed by atoms with Crippen molar-refractivity contribution in [1.82, 2.24) is 0 Å². The third-order valence-corrected chi connectivity index (χ3v) is 2.10. The molecule has 0 amide bonds. The number of hydrogen-bond acceptors (Lipinski definition) is 1. The first-order chi connectivity index (χ1) is 7.18. The molecule has 2 aromatic rings. The van der Waals surface area contributed by atoms with Crippen LogP contribution in [0, 0.1) is 11.6 Å². The average molecular weight is 206 g/mol. The standard InChI is InChI=1S/C12H8F2O/c13-10-5-2-6-11(14)12(10)8-3-1-4-9(15)7-8/h1-7,15H. The van der Waals surface area contributed by atoms with Crippen LogP contribution in [0.2, 0.25) is 0 Å². The van der Waals surface area contributed by atoms with E-state index in [0.717, 1.165) is 0 Å². The number of halogens is 2. The van der Waals surface area contributed by atoms with Crippen LogP contribution in [0.4, 0.5) is 8.78 Å². The predicted molar refractivity (Wildman–Crippen MR) is 53.5 cm³/mol. The Morgan fingerprint density at radius 2 is 1.47 bits per heavy atom. The van der Waals surface area contributed by atoms with Crippen LogP contribution in [0.25, 0.3) is 11.1 Å². The molecule has 0 aromatic heterocycles. The molecule has 2 rings (SSSR count). The fourth-order valence-electron chi connectivity index (χ4n) is 1.44. The molecule has 0 aliphatic heterocycles. The van der Waals surface area contributed by atoms with Crippen LogP contribution < -0.4 is 0 Å². The molecule has 0 aliphatic rings. The minimum Gasteiger partial charge on any atom is -0.508 e. The van der Waals surface area contributed by atoms with Crippen LogP contribution in [0.1, 0.15) is 0 Å². The molecule has 0 saturated heterocycles. The Labute approximate surface area is 85.6 Å². The van der Waals surface area contributed by atoms with E-state index in [1.165, 1.54) is 36.4 Å². The van der Waals surface area contributed by atoms with Gasteiger partial charge in [-0.05, 0) is 29.8 Å². The maximum absolute atomic E-state index is 13.3. The summed E-state index contributed by atoms with van der Waals surface area (Å²) in [7, 11) is 0. The monoisotopic (exact) mass is 206 g/mol. The third kappa shape index (κ3) is 1.81. The molecule has 0 spiro atoms. The Morgan fingerprint density at radius 1 is 0.867 bits per heavy atom. The van der Waals surface area contributed by atoms with Crippen molar-refractivity contribution in [3.05, 3.63) is 54.1 Å². The molecule has 0 bridgehead atoms. The van der Waals surface area contributed by atoms with Gasteiger partial charge in [0.2, 0.25) is 0 Å². The zero-order chi connectivity index (χ0) is 10.8. The van der Waals surface area contributed by atoms with E-state index in [2.05, 4.69) is 0 Å². The first kappa shape index (κ1) is 9.65. The second-order valence-electron chi connectivity index (χ2n) is 3.15. The summed E-state index contributed by atoms with van der Waals surface area (Å²) >= 11 is 0. The Morgan fingerprint density at radius 3 is 2.07 bits per heavy atom. The second kappa shape index (κ2) is 3.69. The first-order valence-corrected chi connectivity index (χ1v) is 4.42. The van der Waals surface area contributed by atoms with E-state index in [1.807, 2.05) is 0 Å². The normalized spacial score (nSPS) is 10.3. The van der Waals surface area contributed by atoms with E-state index in [4.69, 9.17) is 0 Å². The minimum absolute atomic E-state index is 0.0184. The van der Waals surface area contributed by atoms with Crippen molar-refractivity contribution in [3.63, 3.8) is 0 Å². The van der Waals surface area contributed by atoms with Crippen LogP contribution in [0.5, 0.6) is 5.75 Å². The van der Waals surface area contributed by atoms with Gasteiger partial charge < -0.3 is 5.11 Å². The fourth-order valence-corrected chi connectivity index (χ4v) is 1.44. The summed E-state index contributed by atoms with van der Waals surface area (Å²) in [6, 6.07) is 9.52. The van der Waals surface area contributed by atoms with Crippen molar-refractivity contribution >= 4 is 0 Å². The van der Waals surface area contributed by atoms with Gasteiger partial charge in [-0.15, -0.1) is 0 Å². The van der Waals surface area contributed by atoms with Gasteiger partial charge >= 0.3 is 0 Å².